The first-order valence-corrected chi connectivity index (χ1v) is 6.48. The van der Waals surface area contributed by atoms with Crippen molar-refractivity contribution >= 4 is 17.7 Å². The number of thioether (sulfide) groups is 1. The minimum Gasteiger partial charge on any atom is -0.484 e. The minimum absolute atomic E-state index is 0.111. The van der Waals surface area contributed by atoms with E-state index in [1.807, 2.05) is 31.2 Å². The third-order valence-corrected chi connectivity index (χ3v) is 2.95. The van der Waals surface area contributed by atoms with Gasteiger partial charge in [0.15, 0.2) is 6.61 Å². The number of carboxylic acids is 1. The molecule has 0 aliphatic rings. The number of aromatic nitrogens is 2. The first kappa shape index (κ1) is 13.4. The molecule has 1 N–H and O–H groups in total. The number of ether oxygens (including phenoxy) is 1. The fraction of sp³-hybridized carbons (Fsp3) is 0.250. The Morgan fingerprint density at radius 3 is 2.79 bits per heavy atom. The Morgan fingerprint density at radius 2 is 2.11 bits per heavy atom. The number of hydrogen-bond donors (Lipinski definition) is 1. The van der Waals surface area contributed by atoms with Gasteiger partial charge in [0, 0.05) is 0 Å². The second kappa shape index (κ2) is 6.24. The molecule has 0 radical (unpaired) electrons. The molecule has 0 atom stereocenters. The van der Waals surface area contributed by atoms with Crippen LogP contribution in [0.4, 0.5) is 0 Å². The highest BCUT2D eigenvalue weighted by atomic mass is 32.2. The number of aryl methyl sites for hydroxylation is 1. The average Bonchev–Trinajstić information content (AvgIpc) is 2.84. The van der Waals surface area contributed by atoms with E-state index in [4.69, 9.17) is 14.3 Å². The summed E-state index contributed by atoms with van der Waals surface area (Å²) in [5.74, 6) is -0.0156. The molecule has 100 valence electrons. The van der Waals surface area contributed by atoms with Gasteiger partial charge in [-0.3, -0.25) is 4.79 Å². The molecule has 0 bridgehead atoms. The van der Waals surface area contributed by atoms with Crippen molar-refractivity contribution in [1.82, 2.24) is 10.2 Å². The van der Waals surface area contributed by atoms with Gasteiger partial charge in [0.25, 0.3) is 11.1 Å². The van der Waals surface area contributed by atoms with Crippen LogP contribution in [-0.4, -0.2) is 27.0 Å². The Kier molecular flexibility index (Phi) is 4.40. The number of hydrogen-bond acceptors (Lipinski definition) is 6. The van der Waals surface area contributed by atoms with Crippen molar-refractivity contribution in [1.29, 1.82) is 0 Å². The van der Waals surface area contributed by atoms with Gasteiger partial charge in [-0.15, -0.1) is 10.2 Å². The lowest BCUT2D eigenvalue weighted by Gasteiger charge is -2.02. The van der Waals surface area contributed by atoms with Crippen LogP contribution in [0.5, 0.6) is 5.75 Å². The topological polar surface area (TPSA) is 85.5 Å². The van der Waals surface area contributed by atoms with E-state index in [0.29, 0.717) is 11.6 Å². The van der Waals surface area contributed by atoms with E-state index >= 15 is 0 Å². The molecule has 6 nitrogen and oxygen atoms in total. The second-order valence-electron chi connectivity index (χ2n) is 3.75. The van der Waals surface area contributed by atoms with Gasteiger partial charge in [0.1, 0.15) is 11.5 Å². The molecule has 0 unspecified atom stereocenters. The van der Waals surface area contributed by atoms with Crippen molar-refractivity contribution in [2.45, 2.75) is 18.8 Å². The summed E-state index contributed by atoms with van der Waals surface area (Å²) in [6, 6.07) is 7.59. The largest absolute Gasteiger partial charge is 0.484 e. The van der Waals surface area contributed by atoms with E-state index in [1.54, 1.807) is 0 Å². The lowest BCUT2D eigenvalue weighted by molar-refractivity contribution is -0.133. The van der Waals surface area contributed by atoms with E-state index in [2.05, 4.69) is 10.2 Å². The van der Waals surface area contributed by atoms with Crippen molar-refractivity contribution in [3.63, 3.8) is 0 Å². The van der Waals surface area contributed by atoms with Crippen LogP contribution in [0.1, 0.15) is 11.5 Å². The molecule has 0 spiro atoms. The summed E-state index contributed by atoms with van der Waals surface area (Å²) in [5, 5.41) is 16.2. The molecule has 0 aliphatic carbocycles. The van der Waals surface area contributed by atoms with Crippen LogP contribution in [0.25, 0.3) is 0 Å². The lowest BCUT2D eigenvalue weighted by Crippen LogP contribution is -1.97. The van der Waals surface area contributed by atoms with Crippen molar-refractivity contribution < 1.29 is 19.1 Å². The summed E-state index contributed by atoms with van der Waals surface area (Å²) in [6.07, 6.45) is 0. The summed E-state index contributed by atoms with van der Waals surface area (Å²) in [4.78, 5) is 10.4. The van der Waals surface area contributed by atoms with Crippen molar-refractivity contribution in [3.8, 4) is 5.75 Å². The summed E-state index contributed by atoms with van der Waals surface area (Å²) >= 11 is 0.978. The molecule has 2 rings (SSSR count). The zero-order valence-corrected chi connectivity index (χ0v) is 11.0. The van der Waals surface area contributed by atoms with Crippen LogP contribution in [0.15, 0.2) is 33.9 Å². The van der Waals surface area contributed by atoms with Gasteiger partial charge >= 0.3 is 5.97 Å². The van der Waals surface area contributed by atoms with Crippen LogP contribution in [0, 0.1) is 6.92 Å². The summed E-state index contributed by atoms with van der Waals surface area (Å²) in [7, 11) is 0. The Labute approximate surface area is 113 Å². The molecule has 0 fully saturated rings. The van der Waals surface area contributed by atoms with Gasteiger partial charge < -0.3 is 14.3 Å². The Balaban J connectivity index is 1.86. The minimum atomic E-state index is -0.930. The van der Waals surface area contributed by atoms with Crippen LogP contribution < -0.4 is 4.74 Å². The van der Waals surface area contributed by atoms with Crippen LogP contribution in [0.2, 0.25) is 0 Å². The molecular formula is C12H12N2O4S. The summed E-state index contributed by atoms with van der Waals surface area (Å²) < 4.78 is 10.7. The summed E-state index contributed by atoms with van der Waals surface area (Å²) in [5.41, 5.74) is 1.15. The Morgan fingerprint density at radius 1 is 1.37 bits per heavy atom. The molecule has 1 heterocycles. The highest BCUT2D eigenvalue weighted by Crippen LogP contribution is 2.17. The lowest BCUT2D eigenvalue weighted by atomic mass is 10.2. The van der Waals surface area contributed by atoms with Crippen molar-refractivity contribution in [3.05, 3.63) is 35.7 Å². The van der Waals surface area contributed by atoms with E-state index in [9.17, 15) is 4.79 Å². The SMILES string of the molecule is Cc1ccc(OCc2nnc(SCC(=O)O)o2)cc1. The molecule has 0 saturated carbocycles. The maximum Gasteiger partial charge on any atom is 0.314 e. The van der Waals surface area contributed by atoms with Crippen molar-refractivity contribution in [2.24, 2.45) is 0 Å². The van der Waals surface area contributed by atoms with E-state index in [0.717, 1.165) is 17.3 Å². The number of aliphatic carboxylic acids is 1. The molecule has 0 amide bonds. The molecule has 19 heavy (non-hydrogen) atoms. The van der Waals surface area contributed by atoms with E-state index < -0.39 is 5.97 Å². The molecule has 2 aromatic rings. The van der Waals surface area contributed by atoms with E-state index in [-0.39, 0.29) is 17.6 Å². The van der Waals surface area contributed by atoms with Gasteiger partial charge in [0.05, 0.1) is 0 Å². The zero-order chi connectivity index (χ0) is 13.7. The number of rotatable bonds is 6. The molecule has 1 aromatic carbocycles. The first-order chi connectivity index (χ1) is 9.13. The zero-order valence-electron chi connectivity index (χ0n) is 10.2. The van der Waals surface area contributed by atoms with Gasteiger partial charge in [-0.2, -0.15) is 0 Å². The molecular weight excluding hydrogens is 268 g/mol. The molecule has 0 saturated heterocycles. The number of carboxylic acid groups (broad SMARTS) is 1. The van der Waals surface area contributed by atoms with Gasteiger partial charge in [-0.1, -0.05) is 29.5 Å². The van der Waals surface area contributed by atoms with Crippen LogP contribution in [0.3, 0.4) is 0 Å². The number of nitrogens with zero attached hydrogens (tertiary/aromatic N) is 2. The van der Waals surface area contributed by atoms with Crippen molar-refractivity contribution in [2.75, 3.05) is 5.75 Å². The summed E-state index contributed by atoms with van der Waals surface area (Å²) in [6.45, 7) is 2.15. The Bertz CT molecular complexity index is 553. The predicted molar refractivity (Wildman–Crippen MR) is 68.2 cm³/mol. The maximum atomic E-state index is 10.4. The standard InChI is InChI=1S/C12H12N2O4S/c1-8-2-4-9(5-3-8)17-6-10-13-14-12(18-10)19-7-11(15)16/h2-5H,6-7H2,1H3,(H,15,16). The fourth-order valence-electron chi connectivity index (χ4n) is 1.26. The van der Waals surface area contributed by atoms with E-state index in [1.165, 1.54) is 0 Å². The van der Waals surface area contributed by atoms with Gasteiger partial charge in [0.2, 0.25) is 0 Å². The normalized spacial score (nSPS) is 10.4. The fourth-order valence-corrected chi connectivity index (χ4v) is 1.76. The average molecular weight is 280 g/mol. The molecule has 1 aromatic heterocycles. The third kappa shape index (κ3) is 4.29. The Hall–Kier alpha value is -2.02. The van der Waals surface area contributed by atoms with Crippen LogP contribution >= 0.6 is 11.8 Å². The molecule has 0 aliphatic heterocycles. The highest BCUT2D eigenvalue weighted by Gasteiger charge is 2.09. The van der Waals surface area contributed by atoms with Crippen LogP contribution in [-0.2, 0) is 11.4 Å². The van der Waals surface area contributed by atoms with Gasteiger partial charge in [-0.05, 0) is 19.1 Å². The highest BCUT2D eigenvalue weighted by molar-refractivity contribution is 7.99. The monoisotopic (exact) mass is 280 g/mol. The third-order valence-electron chi connectivity index (χ3n) is 2.15. The smallest absolute Gasteiger partial charge is 0.314 e. The predicted octanol–water partition coefficient (Wildman–Crippen LogP) is 2.13. The quantitative estimate of drug-likeness (QED) is 0.811. The number of benzene rings is 1. The number of carbonyl (C=O) groups is 1. The maximum absolute atomic E-state index is 10.4. The second-order valence-corrected chi connectivity index (χ2v) is 4.67. The van der Waals surface area contributed by atoms with Gasteiger partial charge in [-0.25, -0.2) is 0 Å². The first-order valence-electron chi connectivity index (χ1n) is 5.50. The molecule has 7 heteroatoms.